The van der Waals surface area contributed by atoms with Crippen LogP contribution < -0.4 is 27.4 Å². The summed E-state index contributed by atoms with van der Waals surface area (Å²) in [6.45, 7) is 1.55. The molecule has 0 rings (SSSR count). The Morgan fingerprint density at radius 3 is 1.84 bits per heavy atom. The number of nitrogens with one attached hydrogen (secondary N) is 3. The number of carbonyl (C=O) groups excluding carboxylic acids is 3. The second kappa shape index (κ2) is 14.7. The first kappa shape index (κ1) is 28.7. The Hall–Kier alpha value is -3.26. The Labute approximate surface area is 184 Å². The third kappa shape index (κ3) is 11.8. The van der Waals surface area contributed by atoms with E-state index in [1.807, 2.05) is 0 Å². The zero-order valence-corrected chi connectivity index (χ0v) is 17.7. The maximum Gasteiger partial charge on any atom is 0.325 e. The normalized spacial score (nSPS) is 14.3. The highest BCUT2D eigenvalue weighted by Gasteiger charge is 2.30. The van der Waals surface area contributed by atoms with Crippen LogP contribution in [0.15, 0.2) is 0 Å². The molecule has 0 saturated heterocycles. The Kier molecular flexibility index (Phi) is 13.2. The molecule has 14 nitrogen and oxygen atoms in total. The molecule has 3 amide bonds. The van der Waals surface area contributed by atoms with Crippen molar-refractivity contribution in [3.05, 3.63) is 0 Å². The van der Waals surface area contributed by atoms with Gasteiger partial charge in [0.2, 0.25) is 17.7 Å². The average Bonchev–Trinajstić information content (AvgIpc) is 2.69. The molecule has 0 aliphatic heterocycles. The summed E-state index contributed by atoms with van der Waals surface area (Å²) in [7, 11) is 0. The third-order valence-electron chi connectivity index (χ3n) is 4.33. The van der Waals surface area contributed by atoms with Crippen molar-refractivity contribution in [2.75, 3.05) is 6.54 Å². The van der Waals surface area contributed by atoms with Crippen molar-refractivity contribution in [3.63, 3.8) is 0 Å². The number of carboxylic acids is 3. The molecule has 0 fully saturated rings. The van der Waals surface area contributed by atoms with Crippen molar-refractivity contribution in [2.45, 2.75) is 69.6 Å². The van der Waals surface area contributed by atoms with Crippen LogP contribution in [0.3, 0.4) is 0 Å². The fourth-order valence-corrected chi connectivity index (χ4v) is 2.48. The molecule has 182 valence electrons. The van der Waals surface area contributed by atoms with Gasteiger partial charge in [0.1, 0.15) is 18.1 Å². The van der Waals surface area contributed by atoms with Gasteiger partial charge in [-0.2, -0.15) is 0 Å². The second-order valence-corrected chi connectivity index (χ2v) is 7.11. The molecule has 14 heteroatoms. The van der Waals surface area contributed by atoms with Gasteiger partial charge in [-0.1, -0.05) is 0 Å². The van der Waals surface area contributed by atoms with Crippen LogP contribution in [0.25, 0.3) is 0 Å². The van der Waals surface area contributed by atoms with E-state index in [0.717, 1.165) is 0 Å². The van der Waals surface area contributed by atoms with Gasteiger partial charge in [0.15, 0.2) is 0 Å². The summed E-state index contributed by atoms with van der Waals surface area (Å²) >= 11 is 0. The lowest BCUT2D eigenvalue weighted by Gasteiger charge is -2.24. The van der Waals surface area contributed by atoms with E-state index in [1.54, 1.807) is 0 Å². The number of hydrogen-bond donors (Lipinski definition) is 8. The number of nitrogens with two attached hydrogens (primary N) is 2. The topological polar surface area (TPSA) is 251 Å². The third-order valence-corrected chi connectivity index (χ3v) is 4.33. The molecule has 0 aliphatic carbocycles. The van der Waals surface area contributed by atoms with E-state index in [2.05, 4.69) is 16.0 Å². The summed E-state index contributed by atoms with van der Waals surface area (Å²) in [5.41, 5.74) is 11.0. The van der Waals surface area contributed by atoms with Crippen LogP contribution in [0, 0.1) is 0 Å². The Morgan fingerprint density at radius 1 is 0.781 bits per heavy atom. The molecular formula is C18H31N5O9. The molecule has 0 saturated carbocycles. The standard InChI is InChI=1S/C18H31N5O9/c1-9(18(31)32)21-16(29)11(4-2-3-7-19)22-17(30)12(8-14(26)27)23-15(28)10(20)5-6-13(24)25/h9-12H,2-8,19-20H2,1H3,(H,21,29)(H,22,30)(H,23,28)(H,24,25)(H,26,27)(H,31,32). The summed E-state index contributed by atoms with van der Waals surface area (Å²) in [5.74, 6) is -6.64. The van der Waals surface area contributed by atoms with Crippen LogP contribution in [0.4, 0.5) is 0 Å². The van der Waals surface area contributed by atoms with Gasteiger partial charge in [-0.25, -0.2) is 0 Å². The fraction of sp³-hybridized carbons (Fsp3) is 0.667. The van der Waals surface area contributed by atoms with Crippen LogP contribution in [-0.4, -0.2) is 81.7 Å². The monoisotopic (exact) mass is 461 g/mol. The van der Waals surface area contributed by atoms with Crippen LogP contribution in [-0.2, 0) is 28.8 Å². The first-order valence-corrected chi connectivity index (χ1v) is 9.92. The largest absolute Gasteiger partial charge is 0.481 e. The van der Waals surface area contributed by atoms with Crippen LogP contribution in [0.1, 0.15) is 45.4 Å². The van der Waals surface area contributed by atoms with Gasteiger partial charge < -0.3 is 42.7 Å². The van der Waals surface area contributed by atoms with Crippen LogP contribution in [0.2, 0.25) is 0 Å². The van der Waals surface area contributed by atoms with Gasteiger partial charge in [0.25, 0.3) is 0 Å². The van der Waals surface area contributed by atoms with Crippen molar-refractivity contribution in [3.8, 4) is 0 Å². The number of rotatable bonds is 16. The van der Waals surface area contributed by atoms with Gasteiger partial charge >= 0.3 is 17.9 Å². The maximum atomic E-state index is 12.6. The molecule has 32 heavy (non-hydrogen) atoms. The molecule has 0 radical (unpaired) electrons. The number of carboxylic acid groups (broad SMARTS) is 3. The number of aliphatic carboxylic acids is 3. The molecule has 10 N–H and O–H groups in total. The Balaban J connectivity index is 5.33. The van der Waals surface area contributed by atoms with E-state index >= 15 is 0 Å². The predicted molar refractivity (Wildman–Crippen MR) is 109 cm³/mol. The summed E-state index contributed by atoms with van der Waals surface area (Å²) in [6.07, 6.45) is -0.456. The zero-order chi connectivity index (χ0) is 24.8. The number of unbranched alkanes of at least 4 members (excludes halogenated alkanes) is 1. The maximum absolute atomic E-state index is 12.6. The highest BCUT2D eigenvalue weighted by Crippen LogP contribution is 2.05. The average molecular weight is 461 g/mol. The van der Waals surface area contributed by atoms with Gasteiger partial charge in [-0.05, 0) is 39.2 Å². The molecule has 0 aromatic carbocycles. The minimum Gasteiger partial charge on any atom is -0.481 e. The lowest BCUT2D eigenvalue weighted by atomic mass is 10.1. The number of hydrogen-bond acceptors (Lipinski definition) is 8. The minimum atomic E-state index is -1.60. The summed E-state index contributed by atoms with van der Waals surface area (Å²) in [5, 5.41) is 33.3. The lowest BCUT2D eigenvalue weighted by Crippen LogP contribution is -2.57. The molecular weight excluding hydrogens is 430 g/mol. The number of carbonyl (C=O) groups is 6. The predicted octanol–water partition coefficient (Wildman–Crippen LogP) is -2.66. The zero-order valence-electron chi connectivity index (χ0n) is 17.7. The molecule has 4 atom stereocenters. The van der Waals surface area contributed by atoms with E-state index in [0.29, 0.717) is 19.4 Å². The first-order chi connectivity index (χ1) is 14.9. The summed E-state index contributed by atoms with van der Waals surface area (Å²) in [6, 6.07) is -5.34. The first-order valence-electron chi connectivity index (χ1n) is 9.92. The molecule has 0 aromatic heterocycles. The van der Waals surface area contributed by atoms with E-state index in [1.165, 1.54) is 6.92 Å². The molecule has 0 bridgehead atoms. The molecule has 4 unspecified atom stereocenters. The molecule has 0 heterocycles. The van der Waals surface area contributed by atoms with E-state index in [9.17, 15) is 28.8 Å². The lowest BCUT2D eigenvalue weighted by molar-refractivity contribution is -0.143. The van der Waals surface area contributed by atoms with Gasteiger partial charge in [-0.15, -0.1) is 0 Å². The van der Waals surface area contributed by atoms with Crippen molar-refractivity contribution in [1.82, 2.24) is 16.0 Å². The highest BCUT2D eigenvalue weighted by molar-refractivity contribution is 5.95. The second-order valence-electron chi connectivity index (χ2n) is 7.11. The Morgan fingerprint density at radius 2 is 1.34 bits per heavy atom. The van der Waals surface area contributed by atoms with E-state index < -0.39 is 72.6 Å². The van der Waals surface area contributed by atoms with Gasteiger partial charge in [-0.3, -0.25) is 28.8 Å². The smallest absolute Gasteiger partial charge is 0.325 e. The summed E-state index contributed by atoms with van der Waals surface area (Å²) in [4.78, 5) is 69.9. The summed E-state index contributed by atoms with van der Waals surface area (Å²) < 4.78 is 0. The SMILES string of the molecule is CC(NC(=O)C(CCCCN)NC(=O)C(CC(=O)O)NC(=O)C(N)CCC(=O)O)C(=O)O. The van der Waals surface area contributed by atoms with Crippen LogP contribution in [0.5, 0.6) is 0 Å². The van der Waals surface area contributed by atoms with Crippen molar-refractivity contribution in [2.24, 2.45) is 11.5 Å². The van der Waals surface area contributed by atoms with Crippen molar-refractivity contribution in [1.29, 1.82) is 0 Å². The highest BCUT2D eigenvalue weighted by atomic mass is 16.4. The van der Waals surface area contributed by atoms with Gasteiger partial charge in [0, 0.05) is 6.42 Å². The molecule has 0 aromatic rings. The number of amides is 3. The molecule has 0 spiro atoms. The minimum absolute atomic E-state index is 0.0903. The van der Waals surface area contributed by atoms with Crippen molar-refractivity contribution >= 4 is 35.6 Å². The van der Waals surface area contributed by atoms with Crippen molar-refractivity contribution < 1.29 is 44.1 Å². The van der Waals surface area contributed by atoms with E-state index in [4.69, 9.17) is 26.8 Å². The van der Waals surface area contributed by atoms with Crippen LogP contribution >= 0.6 is 0 Å². The Bertz CT molecular complexity index is 700. The fourth-order valence-electron chi connectivity index (χ4n) is 2.48. The van der Waals surface area contributed by atoms with Gasteiger partial charge in [0.05, 0.1) is 12.5 Å². The molecule has 0 aliphatic rings. The quantitative estimate of drug-likeness (QED) is 0.110. The van der Waals surface area contributed by atoms with E-state index in [-0.39, 0.29) is 12.8 Å².